The largest absolute Gasteiger partial charge is 0.481 e. The number of guanidine groups is 1. The molecule has 0 radical (unpaired) electrons. The number of aromatic amines is 1. The summed E-state index contributed by atoms with van der Waals surface area (Å²) < 4.78 is 48.6. The van der Waals surface area contributed by atoms with Crippen LogP contribution in [0.2, 0.25) is 0 Å². The molecular formula is C93H139N15O25S2. The van der Waals surface area contributed by atoms with Gasteiger partial charge in [0.1, 0.15) is 66.8 Å². The number of imide groups is 1. The first kappa shape index (κ1) is 114. The van der Waals surface area contributed by atoms with Crippen molar-refractivity contribution < 1.29 is 119 Å². The predicted molar refractivity (Wildman–Crippen MR) is 502 cm³/mol. The number of thioether (sulfide) groups is 1. The molecule has 2 heterocycles. The summed E-state index contributed by atoms with van der Waals surface area (Å²) in [6, 6.07) is 5.69. The van der Waals surface area contributed by atoms with E-state index in [0.717, 1.165) is 93.5 Å². The van der Waals surface area contributed by atoms with Crippen LogP contribution in [0.3, 0.4) is 0 Å². The Morgan fingerprint density at radius 3 is 1.52 bits per heavy atom. The van der Waals surface area contributed by atoms with Crippen molar-refractivity contribution in [1.82, 2.24) is 63.1 Å². The summed E-state index contributed by atoms with van der Waals surface area (Å²) in [5, 5.41) is 62.6. The van der Waals surface area contributed by atoms with E-state index in [0.29, 0.717) is 41.3 Å². The quantitative estimate of drug-likeness (QED) is 0.00625. The first-order valence-electron chi connectivity index (χ1n) is 46.8. The fraction of sp³-hybridized carbons (Fsp3) is 0.602. The normalized spacial score (nSPS) is 14.7. The lowest BCUT2D eigenvalue weighted by molar-refractivity contribution is -0.157. The number of aromatic nitrogens is 1. The summed E-state index contributed by atoms with van der Waals surface area (Å²) in [4.78, 5) is 224. The van der Waals surface area contributed by atoms with Crippen LogP contribution in [0, 0.1) is 5.41 Å². The third-order valence-electron chi connectivity index (χ3n) is 22.5. The zero-order valence-electron chi connectivity index (χ0n) is 77.7. The number of primary amides is 1. The van der Waals surface area contributed by atoms with Crippen LogP contribution in [0.15, 0.2) is 85.1 Å². The van der Waals surface area contributed by atoms with Gasteiger partial charge < -0.3 is 98.6 Å². The minimum atomic E-state index is -5.07. The number of para-hydroxylation sites is 1. The molecule has 42 heteroatoms. The maximum atomic E-state index is 14.7. The molecule has 1 aliphatic rings. The summed E-state index contributed by atoms with van der Waals surface area (Å²) in [5.41, 5.74) is 12.9. The molecule has 20 N–H and O–H groups in total. The van der Waals surface area contributed by atoms with Gasteiger partial charge in [-0.15, -0.1) is 11.8 Å². The molecule has 135 heavy (non-hydrogen) atoms. The summed E-state index contributed by atoms with van der Waals surface area (Å²) in [5.74, 6) is -17.7. The van der Waals surface area contributed by atoms with Crippen LogP contribution < -0.4 is 68.8 Å². The van der Waals surface area contributed by atoms with Crippen molar-refractivity contribution in [2.45, 2.75) is 325 Å². The van der Waals surface area contributed by atoms with E-state index in [1.165, 1.54) is 82.8 Å². The van der Waals surface area contributed by atoms with Gasteiger partial charge in [-0.1, -0.05) is 223 Å². The van der Waals surface area contributed by atoms with Crippen molar-refractivity contribution in [2.24, 2.45) is 11.5 Å². The number of ether oxygens (including phenoxy) is 2. The number of aliphatic carboxylic acids is 2. The molecule has 1 aliphatic heterocycles. The van der Waals surface area contributed by atoms with Crippen LogP contribution >= 0.6 is 11.8 Å². The molecule has 0 aliphatic carbocycles. The van der Waals surface area contributed by atoms with Gasteiger partial charge in [0.25, 0.3) is 0 Å². The highest BCUT2D eigenvalue weighted by Gasteiger charge is 2.41. The Labute approximate surface area is 792 Å². The number of aliphatic hydroxyl groups is 1. The zero-order chi connectivity index (χ0) is 99.2. The molecular weight excluding hydrogens is 1790 g/mol. The van der Waals surface area contributed by atoms with E-state index in [-0.39, 0.29) is 82.3 Å². The van der Waals surface area contributed by atoms with Crippen molar-refractivity contribution in [3.8, 4) is 5.75 Å². The Morgan fingerprint density at radius 1 is 0.519 bits per heavy atom. The number of nitrogens with one attached hydrogen (secondary N) is 12. The van der Waals surface area contributed by atoms with Crippen LogP contribution in [0.4, 0.5) is 0 Å². The molecule has 4 aromatic rings. The van der Waals surface area contributed by atoms with Gasteiger partial charge in [0.2, 0.25) is 70.9 Å². The number of fused-ring (bicyclic) bond motifs is 1. The number of nitrogens with zero attached hydrogens (tertiary/aromatic N) is 1. The second-order valence-electron chi connectivity index (χ2n) is 33.9. The smallest absolute Gasteiger partial charge is 0.446 e. The number of nitrogens with two attached hydrogens (primary N) is 2. The number of aliphatic hydroxyl groups excluding tert-OH is 1. The second kappa shape index (κ2) is 62.7. The van der Waals surface area contributed by atoms with E-state index < -0.39 is 221 Å². The van der Waals surface area contributed by atoms with E-state index in [2.05, 4.69) is 76.2 Å². The maximum Gasteiger partial charge on any atom is 0.446 e. The highest BCUT2D eigenvalue weighted by Crippen LogP contribution is 2.28. The number of carboxylic acids is 2. The third kappa shape index (κ3) is 45.9. The SMILES string of the molecule is CCCCCCCCCCCCCC(=O)OCC(CSC1CC(=O)N(CCC(=O)N[C@@H](CCCNC(=N)N)C(=O)N[C@@H](CC(=O)O)C(=O)N[C@@H](Cc2ccc(OS(=O)(=O)O)cc2)C(=O)N[C@H](C(=O)NCC(=O)N[C@@H](Cc2c[nH]c3ccccc23)C(=O)N[C@@H](CCCC)C(=O)N[C@@H](CC(=O)O)C(=O)N[C@@H](Cc2ccccc2)C(N)=O)[C@@H](C)O)C1=O)OC(=O)CCCCCCCCCCCCC. The number of hydrogen-bond donors (Lipinski definition) is 18. The molecule has 0 bridgehead atoms. The maximum absolute atomic E-state index is 14.7. The van der Waals surface area contributed by atoms with Gasteiger partial charge in [-0.05, 0) is 73.9 Å². The average molecular weight is 1930 g/mol. The molecule has 748 valence electrons. The average Bonchev–Trinajstić information content (AvgIpc) is 1.70. The van der Waals surface area contributed by atoms with Crippen LogP contribution in [-0.2, 0) is 116 Å². The van der Waals surface area contributed by atoms with Crippen molar-refractivity contribution in [3.05, 3.63) is 102 Å². The minimum absolute atomic E-state index is 0.0286. The first-order valence-corrected chi connectivity index (χ1v) is 49.2. The minimum Gasteiger partial charge on any atom is -0.481 e. The van der Waals surface area contributed by atoms with Gasteiger partial charge in [-0.3, -0.25) is 91.6 Å². The topological polar surface area (TPSA) is 631 Å². The van der Waals surface area contributed by atoms with Crippen molar-refractivity contribution in [2.75, 3.05) is 32.0 Å². The number of benzene rings is 3. The number of carboxylic acid groups (broad SMARTS) is 2. The predicted octanol–water partition coefficient (Wildman–Crippen LogP) is 5.75. The summed E-state index contributed by atoms with van der Waals surface area (Å²) in [6.45, 7) is 5.34. The molecule has 5 rings (SSSR count). The van der Waals surface area contributed by atoms with Crippen LogP contribution in [-0.4, -0.2) is 237 Å². The number of unbranched alkanes of at least 4 members (excludes halogenated alkanes) is 21. The summed E-state index contributed by atoms with van der Waals surface area (Å²) >= 11 is 1.01. The molecule has 3 aromatic carbocycles. The highest BCUT2D eigenvalue weighted by molar-refractivity contribution is 8.00. The van der Waals surface area contributed by atoms with Crippen molar-refractivity contribution >= 4 is 134 Å². The molecule has 1 aromatic heterocycles. The second-order valence-corrected chi connectivity index (χ2v) is 36.1. The lowest BCUT2D eigenvalue weighted by atomic mass is 10.0. The van der Waals surface area contributed by atoms with E-state index in [4.69, 9.17) is 26.4 Å². The van der Waals surface area contributed by atoms with Gasteiger partial charge in [0.05, 0.1) is 30.7 Å². The standard InChI is InChI=1S/C93H139N15O25S2/c1-5-8-11-13-15-17-19-21-23-25-30-41-81(117)131-58-65(132-82(118)42-31-26-24-22-20-18-16-14-12-9-6-2)59-134-75-55-78(112)108(92(75)127)49-47-76(110)100-68(40-34-48-97-93(95)96)85(120)105-74(54-80(115)116)89(124)104-71(51-62-43-45-64(46-44-62)133-135(128,129)130)90(125)107-83(60(4)109)91(126)99-57-77(111)101-72(52-63-56-98-67-39-33-32-37-66(63)67)87(122)102-69(38-10-7-3)86(121)106-73(53-79(113)114)88(123)103-70(84(94)119)50-61-35-28-27-29-36-61/h27-29,32-33,35-37,39,43-46,56,60,65,68-75,83,98,109H,5-26,30-31,34,38,40-42,47-55,57-59H2,1-4H3,(H2,94,119)(H,99,126)(H,100,110)(H,101,111)(H,102,122)(H,103,123)(H,104,124)(H,105,120)(H,106,121)(H,107,125)(H,113,114)(H,115,116)(H4,95,96,97)(H,128,129,130)/t60-,65?,68+,69+,70+,71+,72+,73+,74+,75?,83+/m1/s1. The highest BCUT2D eigenvalue weighted by atomic mass is 32.3. The Balaban J connectivity index is 1.30. The van der Waals surface area contributed by atoms with Gasteiger partial charge in [-0.25, -0.2) is 0 Å². The number of likely N-dealkylation sites (tertiary alicyclic amines) is 1. The molecule has 2 unspecified atom stereocenters. The number of carbonyl (C=O) groups is 16. The van der Waals surface area contributed by atoms with Crippen molar-refractivity contribution in [1.29, 1.82) is 5.41 Å². The van der Waals surface area contributed by atoms with Gasteiger partial charge in [-0.2, -0.15) is 8.42 Å². The third-order valence-corrected chi connectivity index (χ3v) is 24.2. The van der Waals surface area contributed by atoms with Gasteiger partial charge in [0.15, 0.2) is 5.96 Å². The first-order chi connectivity index (χ1) is 64.5. The number of rotatable bonds is 71. The number of amides is 12. The van der Waals surface area contributed by atoms with Gasteiger partial charge in [0, 0.05) is 80.9 Å². The van der Waals surface area contributed by atoms with Crippen LogP contribution in [0.5, 0.6) is 5.75 Å². The monoisotopic (exact) mass is 1930 g/mol. The molecule has 12 amide bonds. The fourth-order valence-electron chi connectivity index (χ4n) is 15.0. The Hall–Kier alpha value is -11.8. The zero-order valence-corrected chi connectivity index (χ0v) is 79.3. The van der Waals surface area contributed by atoms with E-state index in [1.807, 2.05) is 0 Å². The lowest BCUT2D eigenvalue weighted by Gasteiger charge is -2.27. The number of hydrogen-bond acceptors (Lipinski definition) is 24. The Morgan fingerprint density at radius 2 is 0.978 bits per heavy atom. The summed E-state index contributed by atoms with van der Waals surface area (Å²) in [6.07, 6.45) is 19.0. The fourth-order valence-corrected chi connectivity index (χ4v) is 16.5. The Bertz CT molecular complexity index is 4620. The molecule has 0 spiro atoms. The molecule has 1 saturated heterocycles. The summed E-state index contributed by atoms with van der Waals surface area (Å²) in [7, 11) is -5.07. The van der Waals surface area contributed by atoms with Crippen LogP contribution in [0.25, 0.3) is 10.9 Å². The molecule has 40 nitrogen and oxygen atoms in total. The van der Waals surface area contributed by atoms with E-state index in [1.54, 1.807) is 67.7 Å². The van der Waals surface area contributed by atoms with Crippen molar-refractivity contribution in [3.63, 3.8) is 0 Å². The number of carbonyl (C=O) groups excluding carboxylic acids is 14. The molecule has 1 fully saturated rings. The van der Waals surface area contributed by atoms with Crippen LogP contribution in [0.1, 0.15) is 256 Å². The molecule has 0 saturated carbocycles. The lowest BCUT2D eigenvalue weighted by Crippen LogP contribution is -2.61. The van der Waals surface area contributed by atoms with Gasteiger partial charge >= 0.3 is 34.3 Å². The van der Waals surface area contributed by atoms with E-state index in [9.17, 15) is 105 Å². The number of H-pyrrole nitrogens is 1. The Kier molecular flexibility index (Phi) is 52.8. The van der Waals surface area contributed by atoms with E-state index >= 15 is 0 Å². The number of esters is 2. The molecule has 11 atom stereocenters.